The molecule has 0 bridgehead atoms. The van der Waals surface area contributed by atoms with E-state index in [1.165, 1.54) is 5.56 Å². The first kappa shape index (κ1) is 20.9. The van der Waals surface area contributed by atoms with Crippen LogP contribution in [0.3, 0.4) is 0 Å². The van der Waals surface area contributed by atoms with Crippen LogP contribution in [0.4, 0.5) is 5.69 Å². The lowest BCUT2D eigenvalue weighted by molar-refractivity contribution is -0.118. The maximum Gasteiger partial charge on any atom is 0.262 e. The number of amides is 1. The average Bonchev–Trinajstić information content (AvgIpc) is 3.16. The van der Waals surface area contributed by atoms with Gasteiger partial charge in [-0.1, -0.05) is 30.7 Å². The molecule has 0 saturated heterocycles. The SMILES string of the molecule is CCc1ccc(-n2nc3cc(C)c(NC(=O)COc4ccc(Cl)cc4C)cc3n2)cc1. The number of rotatable bonds is 6. The summed E-state index contributed by atoms with van der Waals surface area (Å²) in [7, 11) is 0. The molecule has 0 atom stereocenters. The Morgan fingerprint density at radius 2 is 1.71 bits per heavy atom. The normalized spacial score (nSPS) is 11.0. The second-order valence-corrected chi connectivity index (χ2v) is 7.85. The molecule has 1 N–H and O–H groups in total. The molecule has 0 aliphatic rings. The fourth-order valence-electron chi connectivity index (χ4n) is 3.29. The fourth-order valence-corrected chi connectivity index (χ4v) is 3.51. The minimum Gasteiger partial charge on any atom is -0.483 e. The standard InChI is InChI=1S/C24H23ClN4O2/c1-4-17-5-8-19(9-6-17)29-27-21-12-15(2)20(13-22(21)28-29)26-24(30)14-31-23-10-7-18(25)11-16(23)3/h5-13H,4,14H2,1-3H3,(H,26,30). The predicted molar refractivity (Wildman–Crippen MR) is 123 cm³/mol. The van der Waals surface area contributed by atoms with Gasteiger partial charge in [-0.2, -0.15) is 4.80 Å². The Morgan fingerprint density at radius 3 is 2.39 bits per heavy atom. The largest absolute Gasteiger partial charge is 0.483 e. The third-order valence-corrected chi connectivity index (χ3v) is 5.31. The van der Waals surface area contributed by atoms with Gasteiger partial charge in [0.1, 0.15) is 16.8 Å². The summed E-state index contributed by atoms with van der Waals surface area (Å²) < 4.78 is 5.63. The summed E-state index contributed by atoms with van der Waals surface area (Å²) in [4.78, 5) is 14.0. The molecule has 1 amide bonds. The minimum atomic E-state index is -0.251. The van der Waals surface area contributed by atoms with Crippen LogP contribution in [0, 0.1) is 13.8 Å². The van der Waals surface area contributed by atoms with Crippen LogP contribution in [0.2, 0.25) is 5.02 Å². The molecule has 1 aromatic heterocycles. The summed E-state index contributed by atoms with van der Waals surface area (Å²) in [5, 5.41) is 12.7. The van der Waals surface area contributed by atoms with E-state index in [1.807, 2.05) is 38.1 Å². The quantitative estimate of drug-likeness (QED) is 0.448. The van der Waals surface area contributed by atoms with Gasteiger partial charge in [0.05, 0.1) is 5.69 Å². The molecule has 7 heteroatoms. The molecule has 31 heavy (non-hydrogen) atoms. The van der Waals surface area contributed by atoms with Crippen LogP contribution >= 0.6 is 11.6 Å². The number of aryl methyl sites for hydroxylation is 3. The van der Waals surface area contributed by atoms with Crippen molar-refractivity contribution in [2.24, 2.45) is 0 Å². The molecule has 0 fully saturated rings. The summed E-state index contributed by atoms with van der Waals surface area (Å²) >= 11 is 5.96. The topological polar surface area (TPSA) is 69.0 Å². The van der Waals surface area contributed by atoms with Crippen LogP contribution in [0.15, 0.2) is 54.6 Å². The van der Waals surface area contributed by atoms with Crippen molar-refractivity contribution < 1.29 is 9.53 Å². The number of nitrogens with one attached hydrogen (secondary N) is 1. The van der Waals surface area contributed by atoms with Crippen LogP contribution < -0.4 is 10.1 Å². The molecular formula is C24H23ClN4O2. The minimum absolute atomic E-state index is 0.101. The lowest BCUT2D eigenvalue weighted by Gasteiger charge is -2.11. The van der Waals surface area contributed by atoms with Gasteiger partial charge in [0.2, 0.25) is 0 Å². The molecule has 158 valence electrons. The van der Waals surface area contributed by atoms with Crippen molar-refractivity contribution in [3.05, 3.63) is 76.3 Å². The van der Waals surface area contributed by atoms with Crippen LogP contribution in [-0.2, 0) is 11.2 Å². The Labute approximate surface area is 185 Å². The Balaban J connectivity index is 1.49. The van der Waals surface area contributed by atoms with E-state index >= 15 is 0 Å². The van der Waals surface area contributed by atoms with Crippen molar-refractivity contribution >= 4 is 34.2 Å². The Kier molecular flexibility index (Phi) is 5.91. The number of carbonyl (C=O) groups excluding carboxylic acids is 1. The number of benzene rings is 3. The summed E-state index contributed by atoms with van der Waals surface area (Å²) in [6.07, 6.45) is 0.984. The van der Waals surface area contributed by atoms with Gasteiger partial charge in [-0.05, 0) is 79.4 Å². The fraction of sp³-hybridized carbons (Fsp3) is 0.208. The van der Waals surface area contributed by atoms with Gasteiger partial charge in [0, 0.05) is 10.7 Å². The van der Waals surface area contributed by atoms with E-state index in [0.717, 1.165) is 28.8 Å². The van der Waals surface area contributed by atoms with Crippen molar-refractivity contribution in [3.63, 3.8) is 0 Å². The predicted octanol–water partition coefficient (Wildman–Crippen LogP) is 5.27. The smallest absolute Gasteiger partial charge is 0.262 e. The molecule has 3 aromatic carbocycles. The second kappa shape index (κ2) is 8.78. The molecule has 6 nitrogen and oxygen atoms in total. The Bertz CT molecular complexity index is 1250. The van der Waals surface area contributed by atoms with E-state index in [9.17, 15) is 4.79 Å². The van der Waals surface area contributed by atoms with E-state index in [-0.39, 0.29) is 12.5 Å². The van der Waals surface area contributed by atoms with Crippen LogP contribution in [0.1, 0.15) is 23.6 Å². The Morgan fingerprint density at radius 1 is 1.00 bits per heavy atom. The number of nitrogens with zero attached hydrogens (tertiary/aromatic N) is 3. The average molecular weight is 435 g/mol. The number of carbonyl (C=O) groups is 1. The van der Waals surface area contributed by atoms with Gasteiger partial charge in [-0.15, -0.1) is 10.2 Å². The van der Waals surface area contributed by atoms with Gasteiger partial charge >= 0.3 is 0 Å². The molecule has 0 aliphatic carbocycles. The summed E-state index contributed by atoms with van der Waals surface area (Å²) in [5.74, 6) is 0.378. The summed E-state index contributed by atoms with van der Waals surface area (Å²) in [6, 6.07) is 17.2. The number of anilines is 1. The molecular weight excluding hydrogens is 412 g/mol. The number of aromatic nitrogens is 3. The lowest BCUT2D eigenvalue weighted by atomic mass is 10.1. The maximum absolute atomic E-state index is 12.4. The van der Waals surface area contributed by atoms with Gasteiger partial charge in [-0.25, -0.2) is 0 Å². The monoisotopic (exact) mass is 434 g/mol. The molecule has 0 spiro atoms. The maximum atomic E-state index is 12.4. The molecule has 4 rings (SSSR count). The van der Waals surface area contributed by atoms with Gasteiger partial charge in [0.15, 0.2) is 6.61 Å². The number of hydrogen-bond acceptors (Lipinski definition) is 4. The zero-order chi connectivity index (χ0) is 22.0. The first-order valence-corrected chi connectivity index (χ1v) is 10.5. The third-order valence-electron chi connectivity index (χ3n) is 5.07. The van der Waals surface area contributed by atoms with E-state index in [1.54, 1.807) is 23.0 Å². The number of hydrogen-bond donors (Lipinski definition) is 1. The van der Waals surface area contributed by atoms with Gasteiger partial charge in [0.25, 0.3) is 5.91 Å². The molecule has 0 radical (unpaired) electrons. The highest BCUT2D eigenvalue weighted by atomic mass is 35.5. The highest BCUT2D eigenvalue weighted by Crippen LogP contribution is 2.24. The highest BCUT2D eigenvalue weighted by Gasteiger charge is 2.12. The van der Waals surface area contributed by atoms with E-state index < -0.39 is 0 Å². The molecule has 4 aromatic rings. The summed E-state index contributed by atoms with van der Waals surface area (Å²) in [6.45, 7) is 5.83. The zero-order valence-electron chi connectivity index (χ0n) is 17.6. The third kappa shape index (κ3) is 4.70. The number of halogens is 1. The second-order valence-electron chi connectivity index (χ2n) is 7.41. The van der Waals surface area contributed by atoms with Crippen molar-refractivity contribution in [2.75, 3.05) is 11.9 Å². The van der Waals surface area contributed by atoms with Gasteiger partial charge < -0.3 is 10.1 Å². The van der Waals surface area contributed by atoms with Crippen LogP contribution in [-0.4, -0.2) is 27.5 Å². The van der Waals surface area contributed by atoms with E-state index in [2.05, 4.69) is 34.6 Å². The molecule has 0 aliphatic heterocycles. The van der Waals surface area contributed by atoms with Crippen molar-refractivity contribution in [1.29, 1.82) is 0 Å². The van der Waals surface area contributed by atoms with Gasteiger partial charge in [-0.3, -0.25) is 4.79 Å². The molecule has 0 saturated carbocycles. The first-order chi connectivity index (χ1) is 14.9. The Hall–Kier alpha value is -3.38. The zero-order valence-corrected chi connectivity index (χ0v) is 18.4. The first-order valence-electron chi connectivity index (χ1n) is 10.1. The summed E-state index contributed by atoms with van der Waals surface area (Å²) in [5.41, 5.74) is 6.08. The molecule has 1 heterocycles. The van der Waals surface area contributed by atoms with Crippen molar-refractivity contribution in [2.45, 2.75) is 27.2 Å². The number of fused-ring (bicyclic) bond motifs is 1. The van der Waals surface area contributed by atoms with E-state index in [4.69, 9.17) is 16.3 Å². The van der Waals surface area contributed by atoms with Crippen molar-refractivity contribution in [1.82, 2.24) is 15.0 Å². The van der Waals surface area contributed by atoms with E-state index in [0.29, 0.717) is 22.0 Å². The highest BCUT2D eigenvalue weighted by molar-refractivity contribution is 6.30. The lowest BCUT2D eigenvalue weighted by Crippen LogP contribution is -2.20. The van der Waals surface area contributed by atoms with Crippen LogP contribution in [0.25, 0.3) is 16.7 Å². The number of ether oxygens (including phenoxy) is 1. The van der Waals surface area contributed by atoms with Crippen molar-refractivity contribution in [3.8, 4) is 11.4 Å². The molecule has 0 unspecified atom stereocenters. The van der Waals surface area contributed by atoms with Crippen LogP contribution in [0.5, 0.6) is 5.75 Å².